The number of urea groups is 1. The predicted molar refractivity (Wildman–Crippen MR) is 83.1 cm³/mol. The number of hydrogen-bond donors (Lipinski definition) is 2. The number of amides is 2. The molecular formula is C15H17BrN2O3. The molecule has 1 unspecified atom stereocenters. The van der Waals surface area contributed by atoms with Crippen LogP contribution in [0.15, 0.2) is 33.9 Å². The van der Waals surface area contributed by atoms with Gasteiger partial charge >= 0.3 is 6.03 Å². The Morgan fingerprint density at radius 1 is 1.43 bits per heavy atom. The van der Waals surface area contributed by atoms with Gasteiger partial charge in [0, 0.05) is 21.3 Å². The number of ketones is 1. The minimum atomic E-state index is -0.518. The Hall–Kier alpha value is -1.82. The number of ether oxygens (including phenoxy) is 1. The first-order chi connectivity index (χ1) is 9.93. The van der Waals surface area contributed by atoms with Crippen molar-refractivity contribution in [2.75, 3.05) is 6.61 Å². The number of Topliss-reactive ketones (excluding diaryl/α,β-unsaturated/α-hetero) is 1. The highest BCUT2D eigenvalue weighted by Gasteiger charge is 2.31. The molecule has 1 aromatic rings. The first-order valence-electron chi connectivity index (χ1n) is 6.65. The van der Waals surface area contributed by atoms with Crippen LogP contribution in [0.3, 0.4) is 0 Å². The van der Waals surface area contributed by atoms with E-state index in [1.807, 2.05) is 25.1 Å². The number of rotatable bonds is 4. The van der Waals surface area contributed by atoms with E-state index < -0.39 is 6.04 Å². The molecule has 2 N–H and O–H groups in total. The second kappa shape index (κ2) is 6.30. The van der Waals surface area contributed by atoms with Crippen molar-refractivity contribution in [1.82, 2.24) is 10.6 Å². The molecule has 2 amide bonds. The fourth-order valence-corrected chi connectivity index (χ4v) is 2.80. The average molecular weight is 353 g/mol. The van der Waals surface area contributed by atoms with Gasteiger partial charge in [0.15, 0.2) is 5.78 Å². The zero-order valence-electron chi connectivity index (χ0n) is 12.1. The van der Waals surface area contributed by atoms with Gasteiger partial charge in [0.25, 0.3) is 0 Å². The molecule has 0 saturated heterocycles. The molecule has 0 saturated carbocycles. The lowest BCUT2D eigenvalue weighted by atomic mass is 9.92. The van der Waals surface area contributed by atoms with Crippen molar-refractivity contribution in [2.45, 2.75) is 26.8 Å². The number of hydrogen-bond acceptors (Lipinski definition) is 3. The highest BCUT2D eigenvalue weighted by atomic mass is 79.9. The molecule has 0 aromatic heterocycles. The maximum atomic E-state index is 12.0. The Morgan fingerprint density at radius 2 is 2.14 bits per heavy atom. The van der Waals surface area contributed by atoms with Crippen LogP contribution in [0.2, 0.25) is 0 Å². The standard InChI is InChI=1S/C15H17BrN2O3/c1-4-21-12-6-5-10(16)7-11(12)14-13(9(3)19)8(2)17-15(20)18-14/h5-7,14H,4H2,1-3H3,(H2,17,18,20). The van der Waals surface area contributed by atoms with Crippen molar-refractivity contribution < 1.29 is 14.3 Å². The fourth-order valence-electron chi connectivity index (χ4n) is 2.43. The number of carbonyl (C=O) groups excluding carboxylic acids is 2. The summed E-state index contributed by atoms with van der Waals surface area (Å²) in [5.41, 5.74) is 1.86. The predicted octanol–water partition coefficient (Wildman–Crippen LogP) is 3.06. The van der Waals surface area contributed by atoms with Gasteiger partial charge in [0.1, 0.15) is 5.75 Å². The Bertz CT molecular complexity index is 625. The zero-order valence-corrected chi connectivity index (χ0v) is 13.7. The van der Waals surface area contributed by atoms with Crippen LogP contribution in [0.4, 0.5) is 4.79 Å². The molecule has 0 radical (unpaired) electrons. The molecule has 6 heteroatoms. The lowest BCUT2D eigenvalue weighted by Crippen LogP contribution is -2.44. The first kappa shape index (κ1) is 15.6. The molecule has 1 aromatic carbocycles. The van der Waals surface area contributed by atoms with Crippen LogP contribution in [-0.2, 0) is 4.79 Å². The summed E-state index contributed by atoms with van der Waals surface area (Å²) in [7, 11) is 0. The molecule has 2 rings (SSSR count). The lowest BCUT2D eigenvalue weighted by Gasteiger charge is -2.29. The summed E-state index contributed by atoms with van der Waals surface area (Å²) in [6.07, 6.45) is 0. The van der Waals surface area contributed by atoms with E-state index in [0.29, 0.717) is 23.6 Å². The summed E-state index contributed by atoms with van der Waals surface area (Å²) in [6, 6.07) is 4.70. The summed E-state index contributed by atoms with van der Waals surface area (Å²) in [4.78, 5) is 23.7. The third kappa shape index (κ3) is 3.26. The molecule has 1 atom stereocenters. The van der Waals surface area contributed by atoms with E-state index in [9.17, 15) is 9.59 Å². The maximum Gasteiger partial charge on any atom is 0.319 e. The number of nitrogens with one attached hydrogen (secondary N) is 2. The van der Waals surface area contributed by atoms with Crippen LogP contribution in [0, 0.1) is 0 Å². The Balaban J connectivity index is 2.57. The Labute approximate surface area is 131 Å². The van der Waals surface area contributed by atoms with Crippen LogP contribution < -0.4 is 15.4 Å². The van der Waals surface area contributed by atoms with Crippen molar-refractivity contribution in [3.8, 4) is 5.75 Å². The molecule has 1 aliphatic heterocycles. The normalized spacial score (nSPS) is 18.1. The van der Waals surface area contributed by atoms with Crippen LogP contribution in [-0.4, -0.2) is 18.4 Å². The van der Waals surface area contributed by atoms with Crippen LogP contribution in [0.1, 0.15) is 32.4 Å². The molecule has 0 aliphatic carbocycles. The van der Waals surface area contributed by atoms with Gasteiger partial charge in [0.05, 0.1) is 12.6 Å². The highest BCUT2D eigenvalue weighted by Crippen LogP contribution is 2.35. The molecule has 0 bridgehead atoms. The van der Waals surface area contributed by atoms with Gasteiger partial charge in [-0.25, -0.2) is 4.79 Å². The summed E-state index contributed by atoms with van der Waals surface area (Å²) in [5.74, 6) is 0.562. The number of carbonyl (C=O) groups is 2. The van der Waals surface area contributed by atoms with Crippen molar-refractivity contribution in [3.63, 3.8) is 0 Å². The van der Waals surface area contributed by atoms with Crippen molar-refractivity contribution >= 4 is 27.7 Å². The van der Waals surface area contributed by atoms with E-state index in [2.05, 4.69) is 26.6 Å². The van der Waals surface area contributed by atoms with E-state index in [4.69, 9.17) is 4.74 Å². The van der Waals surface area contributed by atoms with Crippen molar-refractivity contribution in [2.24, 2.45) is 0 Å². The van der Waals surface area contributed by atoms with Gasteiger partial charge in [0.2, 0.25) is 0 Å². The summed E-state index contributed by atoms with van der Waals surface area (Å²) < 4.78 is 6.47. The van der Waals surface area contributed by atoms with Gasteiger partial charge < -0.3 is 15.4 Å². The Morgan fingerprint density at radius 3 is 2.76 bits per heavy atom. The topological polar surface area (TPSA) is 67.4 Å². The largest absolute Gasteiger partial charge is 0.494 e. The second-order valence-corrected chi connectivity index (χ2v) is 5.66. The Kier molecular flexibility index (Phi) is 4.67. The molecule has 112 valence electrons. The fraction of sp³-hybridized carbons (Fsp3) is 0.333. The quantitative estimate of drug-likeness (QED) is 0.874. The summed E-state index contributed by atoms with van der Waals surface area (Å²) >= 11 is 3.42. The number of benzene rings is 1. The maximum absolute atomic E-state index is 12.0. The molecular weight excluding hydrogens is 336 g/mol. The third-order valence-corrected chi connectivity index (χ3v) is 3.72. The van der Waals surface area contributed by atoms with Crippen molar-refractivity contribution in [1.29, 1.82) is 0 Å². The van der Waals surface area contributed by atoms with Gasteiger partial charge in [-0.2, -0.15) is 0 Å². The number of allylic oxidation sites excluding steroid dienone is 1. The van der Waals surface area contributed by atoms with Crippen LogP contribution in [0.5, 0.6) is 5.75 Å². The van der Waals surface area contributed by atoms with E-state index in [1.165, 1.54) is 6.92 Å². The van der Waals surface area contributed by atoms with Crippen LogP contribution in [0.25, 0.3) is 0 Å². The SMILES string of the molecule is CCOc1ccc(Br)cc1C1NC(=O)NC(C)=C1C(C)=O. The molecule has 0 spiro atoms. The molecule has 0 fully saturated rings. The van der Waals surface area contributed by atoms with Gasteiger partial charge in [-0.3, -0.25) is 4.79 Å². The number of halogens is 1. The van der Waals surface area contributed by atoms with Gasteiger partial charge in [-0.15, -0.1) is 0 Å². The average Bonchev–Trinajstić information content (AvgIpc) is 2.39. The minimum Gasteiger partial charge on any atom is -0.494 e. The van der Waals surface area contributed by atoms with E-state index >= 15 is 0 Å². The molecule has 21 heavy (non-hydrogen) atoms. The zero-order chi connectivity index (χ0) is 15.6. The smallest absolute Gasteiger partial charge is 0.319 e. The van der Waals surface area contributed by atoms with Crippen LogP contribution >= 0.6 is 15.9 Å². The van der Waals surface area contributed by atoms with Gasteiger partial charge in [-0.05, 0) is 39.0 Å². The highest BCUT2D eigenvalue weighted by molar-refractivity contribution is 9.10. The first-order valence-corrected chi connectivity index (χ1v) is 7.44. The van der Waals surface area contributed by atoms with E-state index in [-0.39, 0.29) is 11.8 Å². The molecule has 1 heterocycles. The monoisotopic (exact) mass is 352 g/mol. The minimum absolute atomic E-state index is 0.0903. The summed E-state index contributed by atoms with van der Waals surface area (Å²) in [5, 5.41) is 5.42. The van der Waals surface area contributed by atoms with Gasteiger partial charge in [-0.1, -0.05) is 15.9 Å². The lowest BCUT2D eigenvalue weighted by molar-refractivity contribution is -0.114. The van der Waals surface area contributed by atoms with Crippen molar-refractivity contribution in [3.05, 3.63) is 39.5 Å². The molecule has 1 aliphatic rings. The van der Waals surface area contributed by atoms with E-state index in [0.717, 1.165) is 10.0 Å². The third-order valence-electron chi connectivity index (χ3n) is 3.23. The molecule has 5 nitrogen and oxygen atoms in total. The summed E-state index contributed by atoms with van der Waals surface area (Å²) in [6.45, 7) is 5.61. The van der Waals surface area contributed by atoms with E-state index in [1.54, 1.807) is 6.92 Å². The second-order valence-electron chi connectivity index (χ2n) is 4.74.